The second-order valence-corrected chi connectivity index (χ2v) is 6.21. The van der Waals surface area contributed by atoms with Crippen LogP contribution in [0.4, 0.5) is 0 Å². The van der Waals surface area contributed by atoms with E-state index >= 15 is 0 Å². The van der Waals surface area contributed by atoms with E-state index in [0.717, 1.165) is 19.6 Å². The second kappa shape index (κ2) is 7.33. The van der Waals surface area contributed by atoms with Gasteiger partial charge in [-0.05, 0) is 12.1 Å². The average Bonchev–Trinajstić information content (AvgIpc) is 2.38. The summed E-state index contributed by atoms with van der Waals surface area (Å²) in [6, 6.07) is 3.03. The van der Waals surface area contributed by atoms with Crippen LogP contribution in [0.5, 0.6) is 0 Å². The van der Waals surface area contributed by atoms with Crippen molar-refractivity contribution in [2.24, 2.45) is 0 Å². The highest BCUT2D eigenvalue weighted by Gasteiger charge is 2.11. The van der Waals surface area contributed by atoms with Gasteiger partial charge >= 0.3 is 0 Å². The van der Waals surface area contributed by atoms with Crippen molar-refractivity contribution in [2.45, 2.75) is 0 Å². The van der Waals surface area contributed by atoms with Crippen LogP contribution in [-0.4, -0.2) is 53.5 Å². The van der Waals surface area contributed by atoms with Gasteiger partial charge in [-0.25, -0.2) is 4.98 Å². The maximum atomic E-state index is 11.9. The van der Waals surface area contributed by atoms with Gasteiger partial charge in [0.15, 0.2) is 0 Å². The van der Waals surface area contributed by atoms with Crippen molar-refractivity contribution < 1.29 is 4.79 Å². The molecule has 0 bridgehead atoms. The Hall–Kier alpha value is -0.490. The number of pyridine rings is 1. The molecule has 0 radical (unpaired) electrons. The van der Waals surface area contributed by atoms with E-state index in [1.54, 1.807) is 0 Å². The first-order valence-electron chi connectivity index (χ1n) is 6.06. The Bertz CT molecular complexity index is 432. The monoisotopic (exact) mass is 319 g/mol. The van der Waals surface area contributed by atoms with E-state index in [1.807, 2.05) is 11.8 Å². The van der Waals surface area contributed by atoms with Crippen molar-refractivity contribution in [3.8, 4) is 0 Å². The standard InChI is InChI=1S/C12H15Cl2N3OS/c13-10-7-9(8-11(14)16-10)12(18)15-1-2-17-3-5-19-6-4-17/h7-8H,1-6H2,(H,15,18). The SMILES string of the molecule is O=C(NCCN1CCSCC1)c1cc(Cl)nc(Cl)c1. The third-order valence-electron chi connectivity index (χ3n) is 2.84. The lowest BCUT2D eigenvalue weighted by Crippen LogP contribution is -2.39. The topological polar surface area (TPSA) is 45.2 Å². The molecule has 1 amide bonds. The van der Waals surface area contributed by atoms with Crippen molar-refractivity contribution in [1.29, 1.82) is 0 Å². The van der Waals surface area contributed by atoms with E-state index in [9.17, 15) is 4.79 Å². The van der Waals surface area contributed by atoms with Crippen LogP contribution in [0.25, 0.3) is 0 Å². The molecule has 1 aromatic rings. The Morgan fingerprint density at radius 1 is 1.32 bits per heavy atom. The summed E-state index contributed by atoms with van der Waals surface area (Å²) >= 11 is 13.5. The van der Waals surface area contributed by atoms with Gasteiger partial charge in [0.25, 0.3) is 5.91 Å². The number of hydrogen-bond donors (Lipinski definition) is 1. The molecule has 2 heterocycles. The van der Waals surface area contributed by atoms with E-state index in [-0.39, 0.29) is 16.2 Å². The van der Waals surface area contributed by atoms with Crippen molar-refractivity contribution in [1.82, 2.24) is 15.2 Å². The number of carbonyl (C=O) groups excluding carboxylic acids is 1. The zero-order valence-corrected chi connectivity index (χ0v) is 12.7. The van der Waals surface area contributed by atoms with Gasteiger partial charge in [-0.2, -0.15) is 11.8 Å². The molecule has 7 heteroatoms. The number of carbonyl (C=O) groups is 1. The molecule has 0 aromatic carbocycles. The number of aromatic nitrogens is 1. The Morgan fingerprint density at radius 2 is 1.95 bits per heavy atom. The van der Waals surface area contributed by atoms with Crippen LogP contribution in [0.15, 0.2) is 12.1 Å². The van der Waals surface area contributed by atoms with E-state index in [0.29, 0.717) is 12.1 Å². The Kier molecular flexibility index (Phi) is 5.76. The van der Waals surface area contributed by atoms with E-state index in [4.69, 9.17) is 23.2 Å². The Balaban J connectivity index is 1.80. The first kappa shape index (κ1) is 14.9. The quantitative estimate of drug-likeness (QED) is 0.864. The number of halogens is 2. The first-order chi connectivity index (χ1) is 9.15. The van der Waals surface area contributed by atoms with Gasteiger partial charge in [-0.15, -0.1) is 0 Å². The second-order valence-electron chi connectivity index (χ2n) is 4.21. The number of thioether (sulfide) groups is 1. The van der Waals surface area contributed by atoms with E-state index in [2.05, 4.69) is 15.2 Å². The Morgan fingerprint density at radius 3 is 2.58 bits per heavy atom. The van der Waals surface area contributed by atoms with Crippen LogP contribution in [0, 0.1) is 0 Å². The molecule has 0 saturated carbocycles. The molecule has 104 valence electrons. The van der Waals surface area contributed by atoms with Gasteiger partial charge in [0.1, 0.15) is 10.3 Å². The van der Waals surface area contributed by atoms with Gasteiger partial charge in [0.05, 0.1) is 0 Å². The minimum absolute atomic E-state index is 0.169. The summed E-state index contributed by atoms with van der Waals surface area (Å²) in [5.74, 6) is 2.17. The maximum absolute atomic E-state index is 11.9. The van der Waals surface area contributed by atoms with Crippen LogP contribution in [-0.2, 0) is 0 Å². The first-order valence-corrected chi connectivity index (χ1v) is 7.97. The van der Waals surface area contributed by atoms with Gasteiger partial charge in [-0.1, -0.05) is 23.2 Å². The molecule has 1 aliphatic rings. The molecule has 1 saturated heterocycles. The highest BCUT2D eigenvalue weighted by atomic mass is 35.5. The lowest BCUT2D eigenvalue weighted by Gasteiger charge is -2.25. The van der Waals surface area contributed by atoms with Crippen LogP contribution in [0.3, 0.4) is 0 Å². The summed E-state index contributed by atoms with van der Waals surface area (Å²) in [7, 11) is 0. The predicted octanol–water partition coefficient (Wildman–Crippen LogP) is 2.17. The maximum Gasteiger partial charge on any atom is 0.251 e. The fraction of sp³-hybridized carbons (Fsp3) is 0.500. The molecule has 19 heavy (non-hydrogen) atoms. The molecule has 0 spiro atoms. The summed E-state index contributed by atoms with van der Waals surface area (Å²) in [5.41, 5.74) is 0.444. The summed E-state index contributed by atoms with van der Waals surface area (Å²) in [4.78, 5) is 18.1. The largest absolute Gasteiger partial charge is 0.351 e. The van der Waals surface area contributed by atoms with Gasteiger partial charge in [0, 0.05) is 43.2 Å². The highest BCUT2D eigenvalue weighted by Crippen LogP contribution is 2.14. The summed E-state index contributed by atoms with van der Waals surface area (Å²) in [6.07, 6.45) is 0. The van der Waals surface area contributed by atoms with Crippen LogP contribution in [0.2, 0.25) is 10.3 Å². The molecule has 1 aromatic heterocycles. The van der Waals surface area contributed by atoms with Crippen molar-refractivity contribution in [3.63, 3.8) is 0 Å². The lowest BCUT2D eigenvalue weighted by molar-refractivity contribution is 0.0949. The molecule has 1 N–H and O–H groups in total. The average molecular weight is 320 g/mol. The predicted molar refractivity (Wildman–Crippen MR) is 80.4 cm³/mol. The van der Waals surface area contributed by atoms with Crippen LogP contribution < -0.4 is 5.32 Å². The molecule has 0 atom stereocenters. The van der Waals surface area contributed by atoms with Crippen LogP contribution >= 0.6 is 35.0 Å². The number of amides is 1. The number of nitrogens with one attached hydrogen (secondary N) is 1. The number of rotatable bonds is 4. The van der Waals surface area contributed by atoms with Crippen LogP contribution in [0.1, 0.15) is 10.4 Å². The smallest absolute Gasteiger partial charge is 0.251 e. The van der Waals surface area contributed by atoms with Gasteiger partial charge in [0.2, 0.25) is 0 Å². The van der Waals surface area contributed by atoms with Crippen molar-refractivity contribution in [2.75, 3.05) is 37.7 Å². The summed E-state index contributed by atoms with van der Waals surface area (Å²) in [6.45, 7) is 3.68. The zero-order valence-electron chi connectivity index (χ0n) is 10.4. The minimum Gasteiger partial charge on any atom is -0.351 e. The molecule has 4 nitrogen and oxygen atoms in total. The van der Waals surface area contributed by atoms with Crippen molar-refractivity contribution >= 4 is 40.9 Å². The third-order valence-corrected chi connectivity index (χ3v) is 4.17. The fourth-order valence-corrected chi connectivity index (χ4v) is 3.29. The molecular formula is C12H15Cl2N3OS. The normalized spacial score (nSPS) is 16.3. The molecule has 0 aliphatic carbocycles. The van der Waals surface area contributed by atoms with E-state index in [1.165, 1.54) is 23.6 Å². The molecular weight excluding hydrogens is 305 g/mol. The number of hydrogen-bond acceptors (Lipinski definition) is 4. The third kappa shape index (κ3) is 4.84. The molecule has 0 unspecified atom stereocenters. The summed E-state index contributed by atoms with van der Waals surface area (Å²) in [5, 5.41) is 3.32. The minimum atomic E-state index is -0.169. The van der Waals surface area contributed by atoms with E-state index < -0.39 is 0 Å². The fourth-order valence-electron chi connectivity index (χ4n) is 1.85. The molecule has 2 rings (SSSR count). The zero-order chi connectivity index (χ0) is 13.7. The van der Waals surface area contributed by atoms with Gasteiger partial charge < -0.3 is 5.32 Å². The Labute approximate surface area is 126 Å². The van der Waals surface area contributed by atoms with Gasteiger partial charge in [-0.3, -0.25) is 9.69 Å². The highest BCUT2D eigenvalue weighted by molar-refractivity contribution is 7.99. The number of nitrogens with zero attached hydrogens (tertiary/aromatic N) is 2. The van der Waals surface area contributed by atoms with Crippen molar-refractivity contribution in [3.05, 3.63) is 28.0 Å². The molecule has 1 aliphatic heterocycles. The summed E-state index contributed by atoms with van der Waals surface area (Å²) < 4.78 is 0. The molecule has 1 fully saturated rings. The lowest BCUT2D eigenvalue weighted by atomic mass is 10.2.